The molecule has 102 valence electrons. The molecule has 0 saturated heterocycles. The van der Waals surface area contributed by atoms with Gasteiger partial charge in [-0.15, -0.1) is 11.6 Å². The summed E-state index contributed by atoms with van der Waals surface area (Å²) in [7, 11) is -3.25. The lowest BCUT2D eigenvalue weighted by Crippen LogP contribution is -2.32. The van der Waals surface area contributed by atoms with E-state index in [4.69, 9.17) is 11.6 Å². The van der Waals surface area contributed by atoms with Gasteiger partial charge >= 0.3 is 0 Å². The molecular formula is C12H19ClN2O2S. The normalized spacial score (nSPS) is 13.4. The first kappa shape index (κ1) is 15.4. The van der Waals surface area contributed by atoms with Gasteiger partial charge in [-0.2, -0.15) is 0 Å². The minimum atomic E-state index is -3.25. The largest absolute Gasteiger partial charge is 0.265 e. The smallest absolute Gasteiger partial charge is 0.211 e. The topological polar surface area (TPSA) is 59.1 Å². The molecule has 1 atom stereocenters. The van der Waals surface area contributed by atoms with Crippen LogP contribution in [0.4, 0.5) is 0 Å². The van der Waals surface area contributed by atoms with Crippen molar-refractivity contribution < 1.29 is 8.42 Å². The Morgan fingerprint density at radius 3 is 2.67 bits per heavy atom. The van der Waals surface area contributed by atoms with E-state index >= 15 is 0 Å². The fraction of sp³-hybridized carbons (Fsp3) is 0.583. The number of hydrogen-bond donors (Lipinski definition) is 1. The van der Waals surface area contributed by atoms with Crippen LogP contribution in [0.3, 0.4) is 0 Å². The van der Waals surface area contributed by atoms with Crippen LogP contribution in [0, 0.1) is 0 Å². The van der Waals surface area contributed by atoms with Gasteiger partial charge in [0.15, 0.2) is 0 Å². The van der Waals surface area contributed by atoms with Gasteiger partial charge < -0.3 is 0 Å². The molecular weight excluding hydrogens is 272 g/mol. The quantitative estimate of drug-likeness (QED) is 0.745. The number of halogens is 1. The highest BCUT2D eigenvalue weighted by Crippen LogP contribution is 2.05. The maximum atomic E-state index is 11.7. The molecule has 0 aliphatic rings. The molecule has 1 rings (SSSR count). The van der Waals surface area contributed by atoms with Crippen molar-refractivity contribution in [1.82, 2.24) is 9.71 Å². The molecule has 18 heavy (non-hydrogen) atoms. The van der Waals surface area contributed by atoms with Crippen molar-refractivity contribution in [1.29, 1.82) is 0 Å². The first-order valence-corrected chi connectivity index (χ1v) is 8.12. The highest BCUT2D eigenvalue weighted by atomic mass is 35.5. The van der Waals surface area contributed by atoms with Crippen molar-refractivity contribution in [2.75, 3.05) is 12.3 Å². The number of sulfonamides is 1. The van der Waals surface area contributed by atoms with Gasteiger partial charge in [0.2, 0.25) is 10.0 Å². The second-order valence-electron chi connectivity index (χ2n) is 4.16. The zero-order chi connectivity index (χ0) is 13.4. The van der Waals surface area contributed by atoms with E-state index in [2.05, 4.69) is 9.71 Å². The van der Waals surface area contributed by atoms with Crippen LogP contribution in [0.5, 0.6) is 0 Å². The molecule has 0 radical (unpaired) electrons. The molecule has 1 N–H and O–H groups in total. The average Bonchev–Trinajstić information content (AvgIpc) is 2.36. The number of aromatic nitrogens is 1. The molecule has 4 nitrogen and oxygen atoms in total. The highest BCUT2D eigenvalue weighted by Gasteiger charge is 2.12. The standard InChI is InChI=1S/C12H19ClN2O2S/c1-2-3-12(13)10-15-18(16,17)9-6-11-4-7-14-8-5-11/h4-5,7-8,12,15H,2-3,6,9-10H2,1H3. The summed E-state index contributed by atoms with van der Waals surface area (Å²) >= 11 is 5.97. The van der Waals surface area contributed by atoms with E-state index in [0.717, 1.165) is 18.4 Å². The summed E-state index contributed by atoms with van der Waals surface area (Å²) in [5.41, 5.74) is 0.964. The number of aryl methyl sites for hydroxylation is 1. The maximum Gasteiger partial charge on any atom is 0.211 e. The highest BCUT2D eigenvalue weighted by molar-refractivity contribution is 7.89. The average molecular weight is 291 g/mol. The first-order chi connectivity index (χ1) is 8.53. The Kier molecular flexibility index (Phi) is 6.60. The molecule has 0 bridgehead atoms. The van der Waals surface area contributed by atoms with Gasteiger partial charge in [0.25, 0.3) is 0 Å². The van der Waals surface area contributed by atoms with E-state index in [-0.39, 0.29) is 11.1 Å². The number of hydrogen-bond acceptors (Lipinski definition) is 3. The molecule has 1 unspecified atom stereocenters. The fourth-order valence-corrected chi connectivity index (χ4v) is 3.00. The molecule has 1 aromatic rings. The second kappa shape index (κ2) is 7.71. The summed E-state index contributed by atoms with van der Waals surface area (Å²) in [4.78, 5) is 3.89. The van der Waals surface area contributed by atoms with Gasteiger partial charge in [-0.3, -0.25) is 4.98 Å². The number of nitrogens with zero attached hydrogens (tertiary/aromatic N) is 1. The van der Waals surface area contributed by atoms with Crippen molar-refractivity contribution in [3.63, 3.8) is 0 Å². The summed E-state index contributed by atoms with van der Waals surface area (Å²) in [6.45, 7) is 2.32. The molecule has 1 aromatic heterocycles. The lowest BCUT2D eigenvalue weighted by atomic mass is 10.2. The van der Waals surface area contributed by atoms with Crippen molar-refractivity contribution in [3.8, 4) is 0 Å². The SMILES string of the molecule is CCCC(Cl)CNS(=O)(=O)CCc1ccncc1. The molecule has 0 fully saturated rings. The number of nitrogens with one attached hydrogen (secondary N) is 1. The predicted molar refractivity (Wildman–Crippen MR) is 74.3 cm³/mol. The Labute approximate surface area is 114 Å². The lowest BCUT2D eigenvalue weighted by molar-refractivity contribution is 0.576. The minimum Gasteiger partial charge on any atom is -0.265 e. The molecule has 1 heterocycles. The third-order valence-electron chi connectivity index (χ3n) is 2.54. The Bertz CT molecular complexity index is 437. The van der Waals surface area contributed by atoms with Crippen LogP contribution in [-0.4, -0.2) is 31.1 Å². The van der Waals surface area contributed by atoms with Gasteiger partial charge in [-0.25, -0.2) is 13.1 Å². The van der Waals surface area contributed by atoms with E-state index < -0.39 is 10.0 Å². The Balaban J connectivity index is 2.36. The van der Waals surface area contributed by atoms with Crippen LogP contribution in [0.2, 0.25) is 0 Å². The monoisotopic (exact) mass is 290 g/mol. The number of alkyl halides is 1. The summed E-state index contributed by atoms with van der Waals surface area (Å²) in [5, 5.41) is -0.134. The number of rotatable bonds is 8. The summed E-state index contributed by atoms with van der Waals surface area (Å²) < 4.78 is 26.0. The molecule has 0 amide bonds. The molecule has 0 saturated carbocycles. The van der Waals surface area contributed by atoms with Gasteiger partial charge in [-0.05, 0) is 30.5 Å². The van der Waals surface area contributed by atoms with Crippen molar-refractivity contribution >= 4 is 21.6 Å². The van der Waals surface area contributed by atoms with E-state index in [1.54, 1.807) is 12.4 Å². The van der Waals surface area contributed by atoms with Gasteiger partial charge in [0.05, 0.1) is 5.75 Å². The van der Waals surface area contributed by atoms with Crippen LogP contribution in [-0.2, 0) is 16.4 Å². The zero-order valence-electron chi connectivity index (χ0n) is 10.5. The fourth-order valence-electron chi connectivity index (χ4n) is 1.51. The van der Waals surface area contributed by atoms with E-state index in [1.807, 2.05) is 19.1 Å². The molecule has 0 aromatic carbocycles. The maximum absolute atomic E-state index is 11.7. The van der Waals surface area contributed by atoms with Crippen LogP contribution in [0.1, 0.15) is 25.3 Å². The van der Waals surface area contributed by atoms with Crippen LogP contribution >= 0.6 is 11.6 Å². The van der Waals surface area contributed by atoms with Gasteiger partial charge in [0.1, 0.15) is 0 Å². The third kappa shape index (κ3) is 6.33. The Morgan fingerprint density at radius 2 is 2.06 bits per heavy atom. The van der Waals surface area contributed by atoms with Gasteiger partial charge in [0, 0.05) is 24.3 Å². The summed E-state index contributed by atoms with van der Waals surface area (Å²) in [6, 6.07) is 3.63. The minimum absolute atomic E-state index is 0.0761. The van der Waals surface area contributed by atoms with Crippen LogP contribution in [0.15, 0.2) is 24.5 Å². The zero-order valence-corrected chi connectivity index (χ0v) is 12.0. The molecule has 0 spiro atoms. The third-order valence-corrected chi connectivity index (χ3v) is 4.26. The van der Waals surface area contributed by atoms with E-state index in [0.29, 0.717) is 13.0 Å². The summed E-state index contributed by atoms with van der Waals surface area (Å²) in [6.07, 6.45) is 5.57. The Morgan fingerprint density at radius 1 is 1.39 bits per heavy atom. The van der Waals surface area contributed by atoms with E-state index in [1.165, 1.54) is 0 Å². The van der Waals surface area contributed by atoms with E-state index in [9.17, 15) is 8.42 Å². The molecule has 6 heteroatoms. The second-order valence-corrected chi connectivity index (χ2v) is 6.70. The van der Waals surface area contributed by atoms with Crippen molar-refractivity contribution in [2.45, 2.75) is 31.6 Å². The molecule has 0 aliphatic carbocycles. The lowest BCUT2D eigenvalue weighted by Gasteiger charge is -2.10. The van der Waals surface area contributed by atoms with Crippen LogP contribution < -0.4 is 4.72 Å². The van der Waals surface area contributed by atoms with Crippen molar-refractivity contribution in [3.05, 3.63) is 30.1 Å². The number of pyridine rings is 1. The first-order valence-electron chi connectivity index (χ1n) is 6.04. The van der Waals surface area contributed by atoms with Crippen molar-refractivity contribution in [2.24, 2.45) is 0 Å². The summed E-state index contributed by atoms with van der Waals surface area (Å²) in [5.74, 6) is 0.0761. The van der Waals surface area contributed by atoms with Gasteiger partial charge in [-0.1, -0.05) is 13.3 Å². The predicted octanol–water partition coefficient (Wildman–Crippen LogP) is 1.95. The van der Waals surface area contributed by atoms with Crippen LogP contribution in [0.25, 0.3) is 0 Å². The Hall–Kier alpha value is -0.650. The molecule has 0 aliphatic heterocycles.